The van der Waals surface area contributed by atoms with Crippen LogP contribution in [0, 0.1) is 5.21 Å². The maximum absolute atomic E-state index is 11.9. The molecule has 25 heavy (non-hydrogen) atoms. The van der Waals surface area contributed by atoms with Gasteiger partial charge in [0.2, 0.25) is 0 Å². The molecule has 0 heterocycles. The third kappa shape index (κ3) is 5.44. The third-order valence-corrected chi connectivity index (χ3v) is 5.64. The fraction of sp³-hybridized carbons (Fsp3) is 0.222. The van der Waals surface area contributed by atoms with Gasteiger partial charge in [-0.2, -0.15) is 0 Å². The molecule has 0 atom stereocenters. The summed E-state index contributed by atoms with van der Waals surface area (Å²) in [5.74, 6) is -1.41. The minimum atomic E-state index is -1.16. The Balaban J connectivity index is 2.03. The lowest BCUT2D eigenvalue weighted by Crippen LogP contribution is -2.29. The maximum atomic E-state index is 11.9. The first kappa shape index (κ1) is 19.2. The Morgan fingerprint density at radius 2 is 1.64 bits per heavy atom. The van der Waals surface area contributed by atoms with Crippen molar-refractivity contribution in [2.45, 2.75) is 36.1 Å². The smallest absolute Gasteiger partial charge is 0.339 e. The van der Waals surface area contributed by atoms with E-state index in [2.05, 4.69) is 0 Å². The van der Waals surface area contributed by atoms with Gasteiger partial charge in [-0.15, -0.1) is 0 Å². The van der Waals surface area contributed by atoms with E-state index in [1.807, 2.05) is 45.0 Å². The number of carboxylic acid groups (broad SMARTS) is 1. The van der Waals surface area contributed by atoms with Gasteiger partial charge in [0.15, 0.2) is 11.8 Å². The maximum Gasteiger partial charge on any atom is 0.339 e. The van der Waals surface area contributed by atoms with Gasteiger partial charge in [-0.05, 0) is 42.5 Å². The van der Waals surface area contributed by atoms with Crippen LogP contribution in [-0.4, -0.2) is 32.7 Å². The van der Waals surface area contributed by atoms with Crippen molar-refractivity contribution < 1.29 is 19.7 Å². The van der Waals surface area contributed by atoms with Gasteiger partial charge in [0, 0.05) is 36.1 Å². The van der Waals surface area contributed by atoms with Crippen LogP contribution >= 0.6 is 21.6 Å². The van der Waals surface area contributed by atoms with Gasteiger partial charge >= 0.3 is 5.97 Å². The summed E-state index contributed by atoms with van der Waals surface area (Å²) in [5.41, 5.74) is 0.228. The Bertz CT molecular complexity index is 796. The van der Waals surface area contributed by atoms with Crippen LogP contribution in [0.15, 0.2) is 52.3 Å². The second kappa shape index (κ2) is 7.84. The lowest BCUT2D eigenvalue weighted by atomic mass is 10.1. The number of phenols is 1. The summed E-state index contributed by atoms with van der Waals surface area (Å²) in [6.07, 6.45) is 1.56. The number of aromatic carboxylic acids is 1. The number of carboxylic acids is 1. The van der Waals surface area contributed by atoms with Gasteiger partial charge in [-0.1, -0.05) is 21.6 Å². The molecule has 5 nitrogen and oxygen atoms in total. The molecular formula is C18H19NO4S2. The van der Waals surface area contributed by atoms with Crippen LogP contribution in [0.2, 0.25) is 0 Å². The Kier molecular flexibility index (Phi) is 6.02. The highest BCUT2D eigenvalue weighted by Gasteiger charge is 2.18. The molecule has 0 saturated heterocycles. The first-order chi connectivity index (χ1) is 11.7. The zero-order valence-corrected chi connectivity index (χ0v) is 15.7. The fourth-order valence-corrected chi connectivity index (χ4v) is 3.72. The minimum absolute atomic E-state index is 0.116. The van der Waals surface area contributed by atoms with Crippen LogP contribution in [0.3, 0.4) is 0 Å². The molecule has 132 valence electrons. The molecule has 0 saturated carbocycles. The Morgan fingerprint density at radius 3 is 2.16 bits per heavy atom. The van der Waals surface area contributed by atoms with E-state index in [1.165, 1.54) is 33.7 Å². The Morgan fingerprint density at radius 1 is 1.08 bits per heavy atom. The summed E-state index contributed by atoms with van der Waals surface area (Å²) in [7, 11) is 2.90. The zero-order chi connectivity index (χ0) is 18.6. The van der Waals surface area contributed by atoms with E-state index >= 15 is 0 Å². The molecule has 2 aromatic rings. The predicted octanol–water partition coefficient (Wildman–Crippen LogP) is 4.62. The van der Waals surface area contributed by atoms with Crippen LogP contribution in [0.25, 0.3) is 0 Å². The zero-order valence-electron chi connectivity index (χ0n) is 14.1. The monoisotopic (exact) mass is 377 g/mol. The lowest BCUT2D eigenvalue weighted by molar-refractivity contribution is -0.530. The van der Waals surface area contributed by atoms with E-state index in [1.54, 1.807) is 12.3 Å². The van der Waals surface area contributed by atoms with E-state index in [-0.39, 0.29) is 11.3 Å². The molecule has 0 aliphatic carbocycles. The third-order valence-electron chi connectivity index (χ3n) is 3.24. The van der Waals surface area contributed by atoms with Crippen molar-refractivity contribution in [2.75, 3.05) is 0 Å². The highest BCUT2D eigenvalue weighted by molar-refractivity contribution is 8.76. The van der Waals surface area contributed by atoms with Crippen LogP contribution < -0.4 is 0 Å². The van der Waals surface area contributed by atoms with Crippen LogP contribution in [0.4, 0.5) is 0 Å². The number of carbonyl (C=O) groups is 1. The normalized spacial score (nSPS) is 12.2. The highest BCUT2D eigenvalue weighted by Crippen LogP contribution is 2.39. The summed E-state index contributed by atoms with van der Waals surface area (Å²) < 4.78 is 0.927. The van der Waals surface area contributed by atoms with Crippen molar-refractivity contribution >= 4 is 33.8 Å². The molecule has 0 aliphatic heterocycles. The van der Waals surface area contributed by atoms with E-state index in [0.29, 0.717) is 0 Å². The van der Waals surface area contributed by atoms with Gasteiger partial charge in [-0.3, -0.25) is 0 Å². The number of hydroxylamine groups is 1. The molecule has 0 radical (unpaired) electrons. The Hall–Kier alpha value is -2.12. The first-order valence-corrected chi connectivity index (χ1v) is 9.64. The quantitative estimate of drug-likeness (QED) is 0.260. The minimum Gasteiger partial charge on any atom is -0.623 e. The number of hydrogen-bond donors (Lipinski definition) is 2. The Labute approximate surface area is 154 Å². The summed E-state index contributed by atoms with van der Waals surface area (Å²) in [4.78, 5) is 12.6. The van der Waals surface area contributed by atoms with Gasteiger partial charge < -0.3 is 15.4 Å². The summed E-state index contributed by atoms with van der Waals surface area (Å²) in [6, 6.07) is 12.0. The highest BCUT2D eigenvalue weighted by atomic mass is 33.1. The van der Waals surface area contributed by atoms with E-state index in [0.717, 1.165) is 20.1 Å². The first-order valence-electron chi connectivity index (χ1n) is 7.49. The second-order valence-electron chi connectivity index (χ2n) is 6.35. The molecule has 0 aliphatic rings. The summed E-state index contributed by atoms with van der Waals surface area (Å²) in [5, 5.41) is 30.5. The van der Waals surface area contributed by atoms with Gasteiger partial charge in [0.05, 0.1) is 0 Å². The number of nitrogens with zero attached hydrogens (tertiary/aromatic N) is 1. The largest absolute Gasteiger partial charge is 0.623 e. The number of aromatic hydroxyl groups is 1. The van der Waals surface area contributed by atoms with E-state index < -0.39 is 11.5 Å². The van der Waals surface area contributed by atoms with Gasteiger partial charge in [0.1, 0.15) is 11.3 Å². The van der Waals surface area contributed by atoms with Crippen molar-refractivity contribution in [3.8, 4) is 5.75 Å². The van der Waals surface area contributed by atoms with Crippen molar-refractivity contribution in [2.24, 2.45) is 0 Å². The van der Waals surface area contributed by atoms with Gasteiger partial charge in [0.25, 0.3) is 0 Å². The molecule has 0 amide bonds. The average molecular weight is 377 g/mol. The van der Waals surface area contributed by atoms with Crippen molar-refractivity contribution in [1.29, 1.82) is 0 Å². The molecular weight excluding hydrogens is 358 g/mol. The SMILES string of the molecule is CC(C)(C)[N+]([O-])=Cc1ccc(SSc2ccc(C(=O)O)c(O)c2)cc1. The predicted molar refractivity (Wildman–Crippen MR) is 102 cm³/mol. The number of hydrogen-bond acceptors (Lipinski definition) is 5. The number of rotatable bonds is 5. The van der Waals surface area contributed by atoms with Crippen molar-refractivity contribution in [3.05, 3.63) is 58.8 Å². The summed E-state index contributed by atoms with van der Waals surface area (Å²) in [6.45, 7) is 5.55. The molecule has 0 unspecified atom stereocenters. The molecule has 0 aromatic heterocycles. The lowest BCUT2D eigenvalue weighted by Gasteiger charge is -2.18. The molecule has 2 aromatic carbocycles. The standard InChI is InChI=1S/C18H19NO4S2/c1-18(2,3)19(23)11-12-4-6-13(7-5-12)24-25-14-8-9-15(17(21)22)16(20)10-14/h4-11,20H,1-3H3,(H,21,22). The van der Waals surface area contributed by atoms with Gasteiger partial charge in [-0.25, -0.2) is 9.53 Å². The summed E-state index contributed by atoms with van der Waals surface area (Å²) >= 11 is 0. The van der Waals surface area contributed by atoms with Crippen LogP contribution in [0.1, 0.15) is 36.7 Å². The number of benzene rings is 2. The van der Waals surface area contributed by atoms with Crippen LogP contribution in [0.5, 0.6) is 5.75 Å². The molecule has 2 rings (SSSR count). The molecule has 0 spiro atoms. The molecule has 0 fully saturated rings. The topological polar surface area (TPSA) is 83.6 Å². The fourth-order valence-electron chi connectivity index (χ4n) is 1.78. The molecule has 2 N–H and O–H groups in total. The van der Waals surface area contributed by atoms with Crippen LogP contribution in [-0.2, 0) is 0 Å². The van der Waals surface area contributed by atoms with Crippen molar-refractivity contribution in [1.82, 2.24) is 0 Å². The average Bonchev–Trinajstić information content (AvgIpc) is 2.53. The second-order valence-corrected chi connectivity index (χ2v) is 8.62. The molecule has 0 bridgehead atoms. The van der Waals surface area contributed by atoms with Crippen molar-refractivity contribution in [3.63, 3.8) is 0 Å². The van der Waals surface area contributed by atoms with E-state index in [9.17, 15) is 15.1 Å². The van der Waals surface area contributed by atoms with E-state index in [4.69, 9.17) is 5.11 Å². The molecule has 7 heteroatoms.